The number of carboxylic acid groups (broad SMARTS) is 1. The number of carbonyl (C=O) groups excluding carboxylic acids is 2. The fourth-order valence-electron chi connectivity index (χ4n) is 4.80. The summed E-state index contributed by atoms with van der Waals surface area (Å²) in [6.07, 6.45) is 0.830. The van der Waals surface area contributed by atoms with E-state index in [9.17, 15) is 37.1 Å². The fourth-order valence-corrected chi connectivity index (χ4v) is 5.05. The molecule has 3 amide bonds. The fraction of sp³-hybridized carbons (Fsp3) is 0.667. The number of imide groups is 1. The highest BCUT2D eigenvalue weighted by molar-refractivity contribution is 6.29. The lowest BCUT2D eigenvalue weighted by atomic mass is 9.80. The Labute approximate surface area is 187 Å². The minimum atomic E-state index is -4.72. The van der Waals surface area contributed by atoms with E-state index in [0.717, 1.165) is 6.42 Å². The highest BCUT2D eigenvalue weighted by Gasteiger charge is 2.56. The van der Waals surface area contributed by atoms with Crippen LogP contribution in [0.3, 0.4) is 0 Å². The number of hydrogen-bond donors (Lipinski definition) is 2. The minimum Gasteiger partial charge on any atom is -0.480 e. The molecule has 1 unspecified atom stereocenters. The van der Waals surface area contributed by atoms with Gasteiger partial charge in [0.15, 0.2) is 6.04 Å². The number of alkyl halides is 3. The second-order valence-corrected chi connectivity index (χ2v) is 9.09. The van der Waals surface area contributed by atoms with Crippen LogP contribution in [-0.4, -0.2) is 46.2 Å². The molecule has 3 rings (SSSR count). The lowest BCUT2D eigenvalue weighted by Crippen LogP contribution is -2.69. The molecule has 2 fully saturated rings. The number of hydrogen-bond acceptors (Lipinski definition) is 3. The number of amides is 3. The van der Waals surface area contributed by atoms with E-state index < -0.39 is 59.7 Å². The Kier molecular flexibility index (Phi) is 7.52. The van der Waals surface area contributed by atoms with E-state index in [0.29, 0.717) is 35.6 Å². The normalized spacial score (nSPS) is 27.8. The zero-order valence-corrected chi connectivity index (χ0v) is 18.0. The van der Waals surface area contributed by atoms with Crippen molar-refractivity contribution in [3.8, 4) is 0 Å². The molecule has 3 aliphatic rings. The van der Waals surface area contributed by atoms with Gasteiger partial charge in [0, 0.05) is 11.0 Å². The van der Waals surface area contributed by atoms with E-state index in [1.54, 1.807) is 0 Å². The Balaban J connectivity index is 1.66. The van der Waals surface area contributed by atoms with E-state index in [-0.39, 0.29) is 19.3 Å². The van der Waals surface area contributed by atoms with Gasteiger partial charge in [-0.2, -0.15) is 13.2 Å². The summed E-state index contributed by atoms with van der Waals surface area (Å²) in [5, 5.41) is 11.8. The molecular formula is C21H25ClF4N2O4. The number of rotatable bonds is 6. The largest absolute Gasteiger partial charge is 0.480 e. The summed E-state index contributed by atoms with van der Waals surface area (Å²) in [6, 6.07) is -5.10. The molecule has 0 bridgehead atoms. The van der Waals surface area contributed by atoms with Crippen molar-refractivity contribution in [2.75, 3.05) is 0 Å². The summed E-state index contributed by atoms with van der Waals surface area (Å²) in [5.74, 6) is -5.36. The number of nitrogens with one attached hydrogen (secondary N) is 1. The van der Waals surface area contributed by atoms with Gasteiger partial charge in [0.05, 0.1) is 5.92 Å². The van der Waals surface area contributed by atoms with E-state index in [2.05, 4.69) is 0 Å². The summed E-state index contributed by atoms with van der Waals surface area (Å²) in [6.45, 7) is 0. The third kappa shape index (κ3) is 5.27. The summed E-state index contributed by atoms with van der Waals surface area (Å²) in [4.78, 5) is 37.1. The summed E-state index contributed by atoms with van der Waals surface area (Å²) < 4.78 is 54.7. The predicted molar refractivity (Wildman–Crippen MR) is 107 cm³/mol. The Morgan fingerprint density at radius 2 is 1.84 bits per heavy atom. The summed E-state index contributed by atoms with van der Waals surface area (Å²) >= 11 is 5.90. The van der Waals surface area contributed by atoms with Crippen LogP contribution in [0, 0.1) is 17.8 Å². The van der Waals surface area contributed by atoms with Gasteiger partial charge in [-0.3, -0.25) is 4.79 Å². The lowest BCUT2D eigenvalue weighted by molar-refractivity contribution is -0.173. The van der Waals surface area contributed by atoms with Crippen LogP contribution in [0.4, 0.5) is 22.4 Å². The summed E-state index contributed by atoms with van der Waals surface area (Å²) in [7, 11) is 0. The standard InChI is InChI=1S/C21H25ClF4N2O4/c22-13-7-9-15(23)12(10-13)6-8-14-16(19(30)31)28(18(14)29)20(32)27-17(21(24,25)26)11-4-2-1-3-5-11/h7,9,11-12,14,16-17H,1-6,8,10H2,(H,27,32)(H,30,31)/t12?,14-,16+,17+/m1/s1. The molecule has 4 atom stereocenters. The lowest BCUT2D eigenvalue weighted by Gasteiger charge is -2.44. The van der Waals surface area contributed by atoms with Gasteiger partial charge in [0.1, 0.15) is 11.9 Å². The van der Waals surface area contributed by atoms with Crippen molar-refractivity contribution >= 4 is 29.5 Å². The monoisotopic (exact) mass is 480 g/mol. The van der Waals surface area contributed by atoms with Crippen LogP contribution in [0.5, 0.6) is 0 Å². The maximum absolute atomic E-state index is 14.0. The SMILES string of the molecule is O=C(O)[C@@H]1[C@@H](CCC2CC(Cl)=CC=C2F)C(=O)N1C(=O)N[C@@H](C1CCCCC1)C(F)(F)F. The van der Waals surface area contributed by atoms with Crippen molar-refractivity contribution < 1.29 is 37.1 Å². The van der Waals surface area contributed by atoms with Crippen molar-refractivity contribution in [2.45, 2.75) is 69.6 Å². The van der Waals surface area contributed by atoms with Crippen LogP contribution in [-0.2, 0) is 9.59 Å². The predicted octanol–water partition coefficient (Wildman–Crippen LogP) is 4.90. The molecular weight excluding hydrogens is 456 g/mol. The van der Waals surface area contributed by atoms with Crippen LogP contribution in [0.15, 0.2) is 23.0 Å². The number of carboxylic acids is 1. The third-order valence-corrected chi connectivity index (χ3v) is 6.80. The van der Waals surface area contributed by atoms with Gasteiger partial charge in [-0.1, -0.05) is 30.9 Å². The molecule has 0 aromatic rings. The second-order valence-electron chi connectivity index (χ2n) is 8.61. The first-order chi connectivity index (χ1) is 15.0. The van der Waals surface area contributed by atoms with E-state index in [1.807, 2.05) is 5.32 Å². The van der Waals surface area contributed by atoms with Crippen molar-refractivity contribution in [2.24, 2.45) is 17.8 Å². The molecule has 1 aliphatic heterocycles. The number of halogens is 5. The average molecular weight is 481 g/mol. The molecule has 2 N–H and O–H groups in total. The van der Waals surface area contributed by atoms with Crippen molar-refractivity contribution in [3.63, 3.8) is 0 Å². The first kappa shape index (κ1) is 24.5. The first-order valence-corrected chi connectivity index (χ1v) is 11.0. The zero-order valence-electron chi connectivity index (χ0n) is 17.2. The first-order valence-electron chi connectivity index (χ1n) is 10.7. The molecule has 6 nitrogen and oxygen atoms in total. The van der Waals surface area contributed by atoms with Crippen molar-refractivity contribution in [1.82, 2.24) is 10.2 Å². The second kappa shape index (κ2) is 9.80. The van der Waals surface area contributed by atoms with Crippen molar-refractivity contribution in [1.29, 1.82) is 0 Å². The van der Waals surface area contributed by atoms with Crippen LogP contribution in [0.25, 0.3) is 0 Å². The molecule has 0 radical (unpaired) electrons. The number of aliphatic carboxylic acids is 1. The van der Waals surface area contributed by atoms with Gasteiger partial charge in [0.2, 0.25) is 5.91 Å². The number of likely N-dealkylation sites (tertiary alicyclic amines) is 1. The van der Waals surface area contributed by atoms with Crippen molar-refractivity contribution in [3.05, 3.63) is 23.0 Å². The Hall–Kier alpha value is -2.10. The smallest absolute Gasteiger partial charge is 0.408 e. The number of allylic oxidation sites excluding steroid dienone is 4. The molecule has 178 valence electrons. The quantitative estimate of drug-likeness (QED) is 0.418. The summed E-state index contributed by atoms with van der Waals surface area (Å²) in [5.41, 5.74) is 0. The molecule has 11 heteroatoms. The highest BCUT2D eigenvalue weighted by atomic mass is 35.5. The molecule has 0 spiro atoms. The highest BCUT2D eigenvalue weighted by Crippen LogP contribution is 2.38. The van der Waals surface area contributed by atoms with Gasteiger partial charge >= 0.3 is 18.2 Å². The molecule has 1 heterocycles. The molecule has 0 aromatic heterocycles. The van der Waals surface area contributed by atoms with Crippen LogP contribution < -0.4 is 5.32 Å². The van der Waals surface area contributed by atoms with E-state index in [1.165, 1.54) is 12.2 Å². The van der Waals surface area contributed by atoms with E-state index in [4.69, 9.17) is 11.6 Å². The number of β-lactam (4-membered cyclic amide) rings is 1. The maximum atomic E-state index is 14.0. The molecule has 32 heavy (non-hydrogen) atoms. The third-order valence-electron chi connectivity index (χ3n) is 6.52. The molecule has 0 aromatic carbocycles. The van der Waals surface area contributed by atoms with Gasteiger partial charge in [0.25, 0.3) is 0 Å². The molecule has 2 aliphatic carbocycles. The minimum absolute atomic E-state index is 0.0268. The van der Waals surface area contributed by atoms with Crippen LogP contribution in [0.2, 0.25) is 0 Å². The van der Waals surface area contributed by atoms with Gasteiger partial charge in [-0.05, 0) is 50.2 Å². The van der Waals surface area contributed by atoms with Crippen LogP contribution in [0.1, 0.15) is 51.4 Å². The number of urea groups is 1. The Morgan fingerprint density at radius 3 is 2.44 bits per heavy atom. The Bertz CT molecular complexity index is 823. The van der Waals surface area contributed by atoms with E-state index >= 15 is 0 Å². The number of carbonyl (C=O) groups is 3. The van der Waals surface area contributed by atoms with Gasteiger partial charge in [-0.25, -0.2) is 18.9 Å². The number of nitrogens with zero attached hydrogens (tertiary/aromatic N) is 1. The molecule has 1 saturated carbocycles. The average Bonchev–Trinajstić information content (AvgIpc) is 2.72. The van der Waals surface area contributed by atoms with Gasteiger partial charge < -0.3 is 10.4 Å². The Morgan fingerprint density at radius 1 is 1.19 bits per heavy atom. The maximum Gasteiger partial charge on any atom is 0.408 e. The molecule has 1 saturated heterocycles. The van der Waals surface area contributed by atoms with Crippen LogP contribution >= 0.6 is 11.6 Å². The zero-order chi connectivity index (χ0) is 23.6. The van der Waals surface area contributed by atoms with Gasteiger partial charge in [-0.15, -0.1) is 0 Å². The topological polar surface area (TPSA) is 86.7 Å².